The summed E-state index contributed by atoms with van der Waals surface area (Å²) in [4.78, 5) is 26.0. The monoisotopic (exact) mass is 329 g/mol. The van der Waals surface area contributed by atoms with Gasteiger partial charge in [-0.15, -0.1) is 0 Å². The average Bonchev–Trinajstić information content (AvgIpc) is 3.09. The van der Waals surface area contributed by atoms with E-state index in [0.717, 1.165) is 51.5 Å². The lowest BCUT2D eigenvalue weighted by Crippen LogP contribution is -2.55. The van der Waals surface area contributed by atoms with Crippen LogP contribution >= 0.6 is 0 Å². The number of fused-ring (bicyclic) bond motifs is 2. The molecule has 0 saturated carbocycles. The molecule has 6 nitrogen and oxygen atoms in total. The van der Waals surface area contributed by atoms with Gasteiger partial charge in [0.25, 0.3) is 0 Å². The van der Waals surface area contributed by atoms with E-state index in [4.69, 9.17) is 0 Å². The Balaban J connectivity index is 1.46. The molecule has 3 aliphatic heterocycles. The van der Waals surface area contributed by atoms with Crippen molar-refractivity contribution in [2.45, 2.75) is 32.2 Å². The number of nitrogens with one attached hydrogen (secondary N) is 1. The number of anilines is 1. The first-order valence-corrected chi connectivity index (χ1v) is 9.14. The highest BCUT2D eigenvalue weighted by atomic mass is 16.2. The molecule has 4 heterocycles. The molecule has 0 aliphatic carbocycles. The molecule has 6 heteroatoms. The van der Waals surface area contributed by atoms with Crippen LogP contribution in [0.2, 0.25) is 0 Å². The first kappa shape index (κ1) is 15.8. The van der Waals surface area contributed by atoms with E-state index in [-0.39, 0.29) is 17.4 Å². The maximum absolute atomic E-state index is 12.5. The highest BCUT2D eigenvalue weighted by Gasteiger charge is 2.57. The minimum Gasteiger partial charge on any atom is -0.350 e. The summed E-state index contributed by atoms with van der Waals surface area (Å²) in [6.07, 6.45) is 5.57. The van der Waals surface area contributed by atoms with Crippen molar-refractivity contribution in [2.24, 2.45) is 17.8 Å². The third-order valence-corrected chi connectivity index (χ3v) is 5.93. The molecular formula is C18H27N5O. The maximum atomic E-state index is 12.5. The second kappa shape index (κ2) is 5.99. The zero-order valence-electron chi connectivity index (χ0n) is 14.6. The molecule has 1 aromatic heterocycles. The van der Waals surface area contributed by atoms with Gasteiger partial charge < -0.3 is 15.1 Å². The van der Waals surface area contributed by atoms with Gasteiger partial charge in [-0.3, -0.25) is 4.79 Å². The molecule has 4 rings (SSSR count). The van der Waals surface area contributed by atoms with Crippen molar-refractivity contribution in [3.05, 3.63) is 18.5 Å². The van der Waals surface area contributed by atoms with Crippen LogP contribution in [0, 0.1) is 17.8 Å². The van der Waals surface area contributed by atoms with Crippen LogP contribution < -0.4 is 10.2 Å². The molecule has 3 aliphatic rings. The van der Waals surface area contributed by atoms with Crippen LogP contribution in [-0.2, 0) is 4.79 Å². The lowest BCUT2D eigenvalue weighted by molar-refractivity contribution is -0.123. The lowest BCUT2D eigenvalue weighted by atomic mass is 9.75. The Morgan fingerprint density at radius 1 is 1.25 bits per heavy atom. The van der Waals surface area contributed by atoms with Crippen LogP contribution in [0.4, 0.5) is 5.95 Å². The molecular weight excluding hydrogens is 302 g/mol. The number of hydrogen-bond acceptors (Lipinski definition) is 5. The van der Waals surface area contributed by atoms with Gasteiger partial charge in [-0.1, -0.05) is 13.8 Å². The van der Waals surface area contributed by atoms with Crippen LogP contribution in [0.15, 0.2) is 18.5 Å². The summed E-state index contributed by atoms with van der Waals surface area (Å²) in [5.74, 6) is 2.38. The fourth-order valence-corrected chi connectivity index (χ4v) is 4.86. The maximum Gasteiger partial charge on any atom is 0.225 e. The predicted molar refractivity (Wildman–Crippen MR) is 92.6 cm³/mol. The summed E-state index contributed by atoms with van der Waals surface area (Å²) in [5, 5.41) is 3.38. The van der Waals surface area contributed by atoms with Gasteiger partial charge in [0.15, 0.2) is 0 Å². The van der Waals surface area contributed by atoms with Crippen molar-refractivity contribution in [2.75, 3.05) is 37.6 Å². The topological polar surface area (TPSA) is 61.4 Å². The highest BCUT2D eigenvalue weighted by molar-refractivity contribution is 5.83. The van der Waals surface area contributed by atoms with E-state index in [0.29, 0.717) is 11.8 Å². The number of likely N-dealkylation sites (tertiary alicyclic amines) is 1. The number of amides is 1. The fourth-order valence-electron chi connectivity index (χ4n) is 4.86. The number of hydrogen-bond donors (Lipinski definition) is 1. The Kier molecular flexibility index (Phi) is 3.95. The molecule has 0 bridgehead atoms. The highest BCUT2D eigenvalue weighted by Crippen LogP contribution is 2.44. The standard InChI is InChI=1S/C18H27N5O/c1-13(2)10-22-11-14-15(12-22)18(21-16(14)24)4-8-23(9-5-18)17-19-6-3-7-20-17/h3,6-7,13-15H,4-5,8-12H2,1-2H3,(H,21,24)/t14-,15-/m0/s1. The van der Waals surface area contributed by atoms with E-state index in [1.807, 2.05) is 6.07 Å². The van der Waals surface area contributed by atoms with Crippen molar-refractivity contribution in [1.29, 1.82) is 0 Å². The number of carbonyl (C=O) groups excluding carboxylic acids is 1. The molecule has 24 heavy (non-hydrogen) atoms. The third kappa shape index (κ3) is 2.66. The van der Waals surface area contributed by atoms with E-state index in [9.17, 15) is 4.79 Å². The van der Waals surface area contributed by atoms with Gasteiger partial charge in [0, 0.05) is 56.6 Å². The Morgan fingerprint density at radius 3 is 2.62 bits per heavy atom. The van der Waals surface area contributed by atoms with E-state index >= 15 is 0 Å². The SMILES string of the molecule is CC(C)CN1C[C@@H]2C(=O)NC3(CCN(c4ncccn4)CC3)[C@H]2C1. The Morgan fingerprint density at radius 2 is 1.96 bits per heavy atom. The van der Waals surface area contributed by atoms with Gasteiger partial charge in [0.2, 0.25) is 11.9 Å². The molecule has 2 atom stereocenters. The minimum atomic E-state index is -0.0151. The van der Waals surface area contributed by atoms with Crippen LogP contribution in [0.3, 0.4) is 0 Å². The van der Waals surface area contributed by atoms with E-state index < -0.39 is 0 Å². The predicted octanol–water partition coefficient (Wildman–Crippen LogP) is 1.15. The molecule has 1 aromatic rings. The zero-order chi connectivity index (χ0) is 16.7. The van der Waals surface area contributed by atoms with Crippen LogP contribution in [0.25, 0.3) is 0 Å². The number of nitrogens with zero attached hydrogens (tertiary/aromatic N) is 4. The smallest absolute Gasteiger partial charge is 0.225 e. The normalized spacial score (nSPS) is 29.3. The van der Waals surface area contributed by atoms with Crippen LogP contribution in [-0.4, -0.2) is 59.0 Å². The zero-order valence-corrected chi connectivity index (χ0v) is 14.6. The van der Waals surface area contributed by atoms with E-state index in [1.165, 1.54) is 0 Å². The van der Waals surface area contributed by atoms with Crippen LogP contribution in [0.5, 0.6) is 0 Å². The Bertz CT molecular complexity index is 597. The minimum absolute atomic E-state index is 0.0151. The summed E-state index contributed by atoms with van der Waals surface area (Å²) in [6, 6.07) is 1.85. The molecule has 0 aromatic carbocycles. The van der Waals surface area contributed by atoms with Crippen molar-refractivity contribution in [1.82, 2.24) is 20.2 Å². The second-order valence-corrected chi connectivity index (χ2v) is 8.01. The number of carbonyl (C=O) groups is 1. The summed E-state index contributed by atoms with van der Waals surface area (Å²) >= 11 is 0. The molecule has 1 amide bonds. The molecule has 3 saturated heterocycles. The lowest BCUT2D eigenvalue weighted by Gasteiger charge is -2.42. The van der Waals surface area contributed by atoms with Crippen molar-refractivity contribution in [3.63, 3.8) is 0 Å². The Labute approximate surface area is 143 Å². The van der Waals surface area contributed by atoms with Crippen LogP contribution in [0.1, 0.15) is 26.7 Å². The summed E-state index contributed by atoms with van der Waals surface area (Å²) in [6.45, 7) is 9.42. The molecule has 1 spiro atoms. The Hall–Kier alpha value is -1.69. The molecule has 1 N–H and O–H groups in total. The molecule has 3 fully saturated rings. The first-order chi connectivity index (χ1) is 11.6. The summed E-state index contributed by atoms with van der Waals surface area (Å²) in [7, 11) is 0. The van der Waals surface area contributed by atoms with Gasteiger partial charge in [-0.05, 0) is 24.8 Å². The van der Waals surface area contributed by atoms with Crippen molar-refractivity contribution >= 4 is 11.9 Å². The van der Waals surface area contributed by atoms with Gasteiger partial charge in [0.1, 0.15) is 0 Å². The largest absolute Gasteiger partial charge is 0.350 e. The summed E-state index contributed by atoms with van der Waals surface area (Å²) < 4.78 is 0. The van der Waals surface area contributed by atoms with E-state index in [2.05, 4.69) is 38.9 Å². The molecule has 130 valence electrons. The second-order valence-electron chi connectivity index (χ2n) is 8.01. The molecule has 0 unspecified atom stereocenters. The number of rotatable bonds is 3. The first-order valence-electron chi connectivity index (χ1n) is 9.14. The fraction of sp³-hybridized carbons (Fsp3) is 0.722. The van der Waals surface area contributed by atoms with Gasteiger partial charge in [-0.2, -0.15) is 0 Å². The number of piperidine rings is 1. The molecule has 0 radical (unpaired) electrons. The van der Waals surface area contributed by atoms with E-state index in [1.54, 1.807) is 12.4 Å². The van der Waals surface area contributed by atoms with Gasteiger partial charge >= 0.3 is 0 Å². The van der Waals surface area contributed by atoms with Gasteiger partial charge in [-0.25, -0.2) is 9.97 Å². The van der Waals surface area contributed by atoms with Crippen molar-refractivity contribution < 1.29 is 4.79 Å². The number of aromatic nitrogens is 2. The van der Waals surface area contributed by atoms with Crippen molar-refractivity contribution in [3.8, 4) is 0 Å². The average molecular weight is 329 g/mol. The third-order valence-electron chi connectivity index (χ3n) is 5.93. The quantitative estimate of drug-likeness (QED) is 0.901. The summed E-state index contributed by atoms with van der Waals surface area (Å²) in [5.41, 5.74) is -0.0151. The van der Waals surface area contributed by atoms with Gasteiger partial charge in [0.05, 0.1) is 5.92 Å².